The summed E-state index contributed by atoms with van der Waals surface area (Å²) < 4.78 is 17.0. The number of rotatable bonds is 6. The fourth-order valence-corrected chi connectivity index (χ4v) is 4.04. The lowest BCUT2D eigenvalue weighted by Gasteiger charge is -2.50. The van der Waals surface area contributed by atoms with Crippen LogP contribution in [0.1, 0.15) is 34.1 Å². The Bertz CT molecular complexity index is 474. The van der Waals surface area contributed by atoms with Crippen molar-refractivity contribution in [1.82, 2.24) is 0 Å². The standard InChI is InChI=1S/C18H34O9/c1-5-8(2)11-12(21)9(6-19)25-17(14(11)23)26-16-15(24)13(22)10(7-20)27-18(16,3)4/h8-17,19-24H,5-7H2,1-4H3/t8?,9?,10-,11?,12?,13?,14?,15?,16?,17?/m0/s1. The van der Waals surface area contributed by atoms with Crippen LogP contribution in [0.3, 0.4) is 0 Å². The van der Waals surface area contributed by atoms with Gasteiger partial charge in [0.1, 0.15) is 36.6 Å². The first-order chi connectivity index (χ1) is 12.6. The molecule has 0 bridgehead atoms. The van der Waals surface area contributed by atoms with Gasteiger partial charge in [-0.1, -0.05) is 20.3 Å². The monoisotopic (exact) mass is 394 g/mol. The van der Waals surface area contributed by atoms with Crippen LogP contribution in [0.15, 0.2) is 0 Å². The molecule has 2 heterocycles. The van der Waals surface area contributed by atoms with E-state index in [4.69, 9.17) is 14.2 Å². The molecule has 2 saturated heterocycles. The predicted molar refractivity (Wildman–Crippen MR) is 93.6 cm³/mol. The highest BCUT2D eigenvalue weighted by atomic mass is 16.7. The van der Waals surface area contributed by atoms with E-state index < -0.39 is 73.8 Å². The average molecular weight is 394 g/mol. The van der Waals surface area contributed by atoms with Gasteiger partial charge in [-0.25, -0.2) is 0 Å². The zero-order chi connectivity index (χ0) is 20.5. The fourth-order valence-electron chi connectivity index (χ4n) is 4.04. The average Bonchev–Trinajstić information content (AvgIpc) is 2.63. The smallest absolute Gasteiger partial charge is 0.184 e. The Labute approximate surface area is 159 Å². The minimum Gasteiger partial charge on any atom is -0.394 e. The summed E-state index contributed by atoms with van der Waals surface area (Å²) in [5.74, 6) is -0.658. The van der Waals surface area contributed by atoms with Crippen LogP contribution in [0.4, 0.5) is 0 Å². The molecule has 2 fully saturated rings. The van der Waals surface area contributed by atoms with E-state index in [1.165, 1.54) is 0 Å². The molecule has 9 unspecified atom stereocenters. The third kappa shape index (κ3) is 4.47. The molecule has 9 nitrogen and oxygen atoms in total. The van der Waals surface area contributed by atoms with Crippen molar-refractivity contribution in [1.29, 1.82) is 0 Å². The van der Waals surface area contributed by atoms with E-state index in [0.29, 0.717) is 6.42 Å². The van der Waals surface area contributed by atoms with Gasteiger partial charge >= 0.3 is 0 Å². The van der Waals surface area contributed by atoms with Gasteiger partial charge in [0.05, 0.1) is 24.9 Å². The number of hydrogen-bond donors (Lipinski definition) is 6. The molecule has 9 heteroatoms. The lowest BCUT2D eigenvalue weighted by atomic mass is 9.78. The summed E-state index contributed by atoms with van der Waals surface area (Å²) in [5.41, 5.74) is -1.09. The van der Waals surface area contributed by atoms with Gasteiger partial charge in [-0.15, -0.1) is 0 Å². The van der Waals surface area contributed by atoms with E-state index >= 15 is 0 Å². The highest BCUT2D eigenvalue weighted by Crippen LogP contribution is 2.37. The second-order valence-corrected chi connectivity index (χ2v) is 8.15. The third-order valence-electron chi connectivity index (χ3n) is 5.88. The van der Waals surface area contributed by atoms with E-state index in [1.54, 1.807) is 13.8 Å². The van der Waals surface area contributed by atoms with Crippen molar-refractivity contribution in [2.45, 2.75) is 88.7 Å². The summed E-state index contributed by atoms with van der Waals surface area (Å²) in [6, 6.07) is 0. The topological polar surface area (TPSA) is 149 Å². The van der Waals surface area contributed by atoms with Gasteiger partial charge in [0.2, 0.25) is 0 Å². The Morgan fingerprint density at radius 3 is 2.04 bits per heavy atom. The van der Waals surface area contributed by atoms with Crippen LogP contribution in [-0.4, -0.2) is 98.5 Å². The summed E-state index contributed by atoms with van der Waals surface area (Å²) in [6.07, 6.45) is -8.54. The van der Waals surface area contributed by atoms with Crippen molar-refractivity contribution < 1.29 is 44.8 Å². The Morgan fingerprint density at radius 2 is 1.52 bits per heavy atom. The number of ether oxygens (including phenoxy) is 3. The lowest BCUT2D eigenvalue weighted by molar-refractivity contribution is -0.351. The molecule has 2 aliphatic rings. The normalized spacial score (nSPS) is 46.2. The van der Waals surface area contributed by atoms with Crippen LogP contribution >= 0.6 is 0 Å². The maximum absolute atomic E-state index is 10.7. The van der Waals surface area contributed by atoms with Gasteiger partial charge in [0.25, 0.3) is 0 Å². The van der Waals surface area contributed by atoms with Crippen LogP contribution < -0.4 is 0 Å². The van der Waals surface area contributed by atoms with Crippen LogP contribution in [-0.2, 0) is 14.2 Å². The van der Waals surface area contributed by atoms with Crippen molar-refractivity contribution in [2.75, 3.05) is 13.2 Å². The fraction of sp³-hybridized carbons (Fsp3) is 1.00. The van der Waals surface area contributed by atoms with Gasteiger partial charge in [-0.2, -0.15) is 0 Å². The molecule has 0 aromatic carbocycles. The molecule has 2 rings (SSSR count). The first-order valence-electron chi connectivity index (χ1n) is 9.51. The quantitative estimate of drug-likeness (QED) is 0.312. The van der Waals surface area contributed by atoms with E-state index in [-0.39, 0.29) is 5.92 Å². The molecule has 0 aromatic heterocycles. The molecule has 2 aliphatic heterocycles. The molecule has 0 amide bonds. The molecule has 0 spiro atoms. The summed E-state index contributed by atoms with van der Waals surface area (Å²) in [5, 5.41) is 60.7. The molecule has 0 aliphatic carbocycles. The molecule has 0 aromatic rings. The van der Waals surface area contributed by atoms with E-state index in [9.17, 15) is 30.6 Å². The number of hydrogen-bond acceptors (Lipinski definition) is 9. The second-order valence-electron chi connectivity index (χ2n) is 8.15. The van der Waals surface area contributed by atoms with Crippen molar-refractivity contribution in [2.24, 2.45) is 11.8 Å². The van der Waals surface area contributed by atoms with Gasteiger partial charge < -0.3 is 44.8 Å². The molecule has 10 atom stereocenters. The minimum atomic E-state index is -1.39. The predicted octanol–water partition coefficient (Wildman–Crippen LogP) is -1.64. The van der Waals surface area contributed by atoms with Crippen molar-refractivity contribution in [3.05, 3.63) is 0 Å². The maximum Gasteiger partial charge on any atom is 0.184 e. The summed E-state index contributed by atoms with van der Waals surface area (Å²) >= 11 is 0. The molecular weight excluding hydrogens is 360 g/mol. The van der Waals surface area contributed by atoms with Crippen LogP contribution in [0.2, 0.25) is 0 Å². The maximum atomic E-state index is 10.7. The highest BCUT2D eigenvalue weighted by molar-refractivity contribution is 5.00. The minimum absolute atomic E-state index is 0.0658. The molecule has 27 heavy (non-hydrogen) atoms. The van der Waals surface area contributed by atoms with Crippen LogP contribution in [0.5, 0.6) is 0 Å². The molecule has 0 radical (unpaired) electrons. The van der Waals surface area contributed by atoms with Gasteiger partial charge in [-0.3, -0.25) is 0 Å². The molecule has 160 valence electrons. The van der Waals surface area contributed by atoms with Crippen molar-refractivity contribution in [3.8, 4) is 0 Å². The van der Waals surface area contributed by atoms with Crippen molar-refractivity contribution >= 4 is 0 Å². The van der Waals surface area contributed by atoms with Gasteiger partial charge in [0, 0.05) is 5.92 Å². The molecular formula is C18H34O9. The second kappa shape index (κ2) is 8.98. The third-order valence-corrected chi connectivity index (χ3v) is 5.88. The Hall–Kier alpha value is -0.360. The van der Waals surface area contributed by atoms with Gasteiger partial charge in [-0.05, 0) is 19.8 Å². The highest BCUT2D eigenvalue weighted by Gasteiger charge is 2.53. The first kappa shape index (κ1) is 22.9. The van der Waals surface area contributed by atoms with E-state index in [2.05, 4.69) is 0 Å². The Kier molecular flexibility index (Phi) is 7.62. The summed E-state index contributed by atoms with van der Waals surface area (Å²) in [7, 11) is 0. The van der Waals surface area contributed by atoms with Crippen LogP contribution in [0.25, 0.3) is 0 Å². The molecule has 0 saturated carbocycles. The lowest BCUT2D eigenvalue weighted by Crippen LogP contribution is -2.66. The van der Waals surface area contributed by atoms with Crippen molar-refractivity contribution in [3.63, 3.8) is 0 Å². The largest absolute Gasteiger partial charge is 0.394 e. The number of aliphatic hydroxyl groups excluding tert-OH is 6. The Balaban J connectivity index is 2.23. The summed E-state index contributed by atoms with van der Waals surface area (Å²) in [4.78, 5) is 0. The van der Waals surface area contributed by atoms with E-state index in [1.807, 2.05) is 13.8 Å². The Morgan fingerprint density at radius 1 is 0.926 bits per heavy atom. The van der Waals surface area contributed by atoms with E-state index in [0.717, 1.165) is 0 Å². The zero-order valence-corrected chi connectivity index (χ0v) is 16.3. The first-order valence-corrected chi connectivity index (χ1v) is 9.51. The summed E-state index contributed by atoms with van der Waals surface area (Å²) in [6.45, 7) is 6.15. The van der Waals surface area contributed by atoms with Gasteiger partial charge in [0.15, 0.2) is 6.29 Å². The zero-order valence-electron chi connectivity index (χ0n) is 16.3. The molecule has 6 N–H and O–H groups in total. The number of aliphatic hydroxyl groups is 6. The van der Waals surface area contributed by atoms with Crippen LogP contribution in [0, 0.1) is 11.8 Å². The SMILES string of the molecule is CCC(C)C1C(O)C(CO)OC(OC2C(O)C(O)[C@H](CO)OC2(C)C)C1O.